The van der Waals surface area contributed by atoms with Crippen molar-refractivity contribution in [3.63, 3.8) is 0 Å². The van der Waals surface area contributed by atoms with Crippen LogP contribution in [0.25, 0.3) is 0 Å². The number of pyridine rings is 1. The molecule has 0 unspecified atom stereocenters. The van der Waals surface area contributed by atoms with Gasteiger partial charge in [-0.3, -0.25) is 19.1 Å². The molecular weight excluding hydrogens is 312 g/mol. The smallest absolute Gasteiger partial charge is 0.257 e. The van der Waals surface area contributed by atoms with E-state index >= 15 is 0 Å². The molecule has 2 aromatic rings. The largest absolute Gasteiger partial charge is 0.350 e. The first kappa shape index (κ1) is 15.7. The highest BCUT2D eigenvalue weighted by molar-refractivity contribution is 7.99. The third-order valence-electron chi connectivity index (χ3n) is 3.94. The van der Waals surface area contributed by atoms with Crippen LogP contribution in [0.4, 0.5) is 0 Å². The van der Waals surface area contributed by atoms with Crippen molar-refractivity contribution < 1.29 is 4.79 Å². The van der Waals surface area contributed by atoms with E-state index in [1.807, 2.05) is 25.1 Å². The normalized spacial score (nSPS) is 16.2. The Labute approximate surface area is 138 Å². The van der Waals surface area contributed by atoms with E-state index in [0.29, 0.717) is 23.0 Å². The maximum atomic E-state index is 12.4. The minimum atomic E-state index is -0.141. The van der Waals surface area contributed by atoms with Crippen LogP contribution >= 0.6 is 11.8 Å². The summed E-state index contributed by atoms with van der Waals surface area (Å²) < 4.78 is 1.66. The van der Waals surface area contributed by atoms with E-state index in [9.17, 15) is 9.59 Å². The number of amides is 1. The second kappa shape index (κ2) is 6.54. The van der Waals surface area contributed by atoms with Gasteiger partial charge in [0.25, 0.3) is 5.56 Å². The molecule has 1 aliphatic rings. The standard InChI is InChI=1S/C16H18N4O2S/c1-10-11(2)19-16-20(15(10)22)13(9-23-16)7-14(21)18-8-12-5-3-4-6-17-12/h3-6,13H,7-9H2,1-2H3,(H,18,21)/t13-/m1/s1. The van der Waals surface area contributed by atoms with Gasteiger partial charge in [-0.1, -0.05) is 17.8 Å². The molecule has 0 aliphatic carbocycles. The molecule has 1 aliphatic heterocycles. The lowest BCUT2D eigenvalue weighted by Crippen LogP contribution is -2.31. The van der Waals surface area contributed by atoms with E-state index < -0.39 is 0 Å². The second-order valence-electron chi connectivity index (χ2n) is 5.55. The molecule has 3 rings (SSSR count). The van der Waals surface area contributed by atoms with Crippen LogP contribution in [-0.4, -0.2) is 26.2 Å². The molecular formula is C16H18N4O2S. The summed E-state index contributed by atoms with van der Waals surface area (Å²) >= 11 is 1.53. The first-order valence-electron chi connectivity index (χ1n) is 7.45. The van der Waals surface area contributed by atoms with Crippen molar-refractivity contribution in [2.75, 3.05) is 5.75 Å². The fourth-order valence-electron chi connectivity index (χ4n) is 2.50. The summed E-state index contributed by atoms with van der Waals surface area (Å²) in [5, 5.41) is 3.56. The maximum Gasteiger partial charge on any atom is 0.257 e. The maximum absolute atomic E-state index is 12.4. The van der Waals surface area contributed by atoms with Crippen molar-refractivity contribution in [1.82, 2.24) is 19.9 Å². The van der Waals surface area contributed by atoms with Crippen LogP contribution in [0.2, 0.25) is 0 Å². The van der Waals surface area contributed by atoms with Gasteiger partial charge in [0, 0.05) is 29.6 Å². The second-order valence-corrected chi connectivity index (χ2v) is 6.53. The van der Waals surface area contributed by atoms with E-state index in [1.54, 1.807) is 17.7 Å². The Hall–Kier alpha value is -2.15. The number of nitrogens with zero attached hydrogens (tertiary/aromatic N) is 3. The summed E-state index contributed by atoms with van der Waals surface area (Å²) in [7, 11) is 0. The number of carbonyl (C=O) groups is 1. The van der Waals surface area contributed by atoms with E-state index in [0.717, 1.165) is 11.4 Å². The lowest BCUT2D eigenvalue weighted by Gasteiger charge is -2.14. The van der Waals surface area contributed by atoms with Gasteiger partial charge in [-0.15, -0.1) is 0 Å². The van der Waals surface area contributed by atoms with E-state index in [4.69, 9.17) is 0 Å². The zero-order valence-electron chi connectivity index (χ0n) is 13.1. The third-order valence-corrected chi connectivity index (χ3v) is 5.03. The molecule has 0 fully saturated rings. The van der Waals surface area contributed by atoms with Gasteiger partial charge in [0.1, 0.15) is 0 Å². The number of nitrogens with one attached hydrogen (secondary N) is 1. The molecule has 0 saturated heterocycles. The zero-order valence-corrected chi connectivity index (χ0v) is 13.9. The van der Waals surface area contributed by atoms with E-state index in [2.05, 4.69) is 15.3 Å². The van der Waals surface area contributed by atoms with Gasteiger partial charge in [0.05, 0.1) is 18.3 Å². The number of thioether (sulfide) groups is 1. The highest BCUT2D eigenvalue weighted by atomic mass is 32.2. The predicted molar refractivity (Wildman–Crippen MR) is 88.4 cm³/mol. The molecule has 7 heteroatoms. The number of aromatic nitrogens is 3. The minimum Gasteiger partial charge on any atom is -0.350 e. The van der Waals surface area contributed by atoms with Crippen LogP contribution < -0.4 is 10.9 Å². The molecule has 0 bridgehead atoms. The van der Waals surface area contributed by atoms with Crippen molar-refractivity contribution in [2.24, 2.45) is 0 Å². The van der Waals surface area contributed by atoms with E-state index in [-0.39, 0.29) is 23.9 Å². The van der Waals surface area contributed by atoms with Gasteiger partial charge < -0.3 is 5.32 Å². The van der Waals surface area contributed by atoms with Crippen LogP contribution in [0.15, 0.2) is 34.3 Å². The van der Waals surface area contributed by atoms with Crippen molar-refractivity contribution >= 4 is 17.7 Å². The summed E-state index contributed by atoms with van der Waals surface area (Å²) in [6, 6.07) is 5.44. The lowest BCUT2D eigenvalue weighted by molar-refractivity contribution is -0.121. The molecule has 2 aromatic heterocycles. The fourth-order valence-corrected chi connectivity index (χ4v) is 3.68. The van der Waals surface area contributed by atoms with Gasteiger partial charge in [0.2, 0.25) is 5.91 Å². The van der Waals surface area contributed by atoms with Crippen LogP contribution in [0.3, 0.4) is 0 Å². The summed E-state index contributed by atoms with van der Waals surface area (Å²) in [4.78, 5) is 33.2. The van der Waals surface area contributed by atoms with Crippen LogP contribution in [0.1, 0.15) is 29.4 Å². The van der Waals surface area contributed by atoms with Gasteiger partial charge in [-0.25, -0.2) is 4.98 Å². The number of hydrogen-bond donors (Lipinski definition) is 1. The van der Waals surface area contributed by atoms with Crippen molar-refractivity contribution in [1.29, 1.82) is 0 Å². The highest BCUT2D eigenvalue weighted by Gasteiger charge is 2.28. The van der Waals surface area contributed by atoms with Crippen molar-refractivity contribution in [3.05, 3.63) is 51.7 Å². The Morgan fingerprint density at radius 3 is 3.00 bits per heavy atom. The Kier molecular flexibility index (Phi) is 4.47. The molecule has 0 aromatic carbocycles. The number of fused-ring (bicyclic) bond motifs is 1. The summed E-state index contributed by atoms with van der Waals surface area (Å²) in [6.45, 7) is 4.01. The lowest BCUT2D eigenvalue weighted by atomic mass is 10.2. The molecule has 23 heavy (non-hydrogen) atoms. The van der Waals surface area contributed by atoms with Gasteiger partial charge in [-0.05, 0) is 26.0 Å². The molecule has 1 amide bonds. The van der Waals surface area contributed by atoms with Crippen molar-refractivity contribution in [2.45, 2.75) is 38.0 Å². The highest BCUT2D eigenvalue weighted by Crippen LogP contribution is 2.32. The zero-order chi connectivity index (χ0) is 16.4. The number of carbonyl (C=O) groups excluding carboxylic acids is 1. The van der Waals surface area contributed by atoms with Crippen LogP contribution in [0.5, 0.6) is 0 Å². The molecule has 0 saturated carbocycles. The molecule has 3 heterocycles. The Bertz CT molecular complexity index is 789. The SMILES string of the molecule is Cc1nc2n(c(=O)c1C)[C@H](CC(=O)NCc1ccccn1)CS2. The van der Waals surface area contributed by atoms with Crippen molar-refractivity contribution in [3.8, 4) is 0 Å². The molecule has 1 N–H and O–H groups in total. The van der Waals surface area contributed by atoms with Crippen LogP contribution in [0, 0.1) is 13.8 Å². The first-order valence-corrected chi connectivity index (χ1v) is 8.44. The summed E-state index contributed by atoms with van der Waals surface area (Å²) in [6.07, 6.45) is 1.97. The molecule has 1 atom stereocenters. The monoisotopic (exact) mass is 330 g/mol. The quantitative estimate of drug-likeness (QED) is 0.862. The Morgan fingerprint density at radius 2 is 2.26 bits per heavy atom. The Balaban J connectivity index is 1.68. The first-order chi connectivity index (χ1) is 11.1. The van der Waals surface area contributed by atoms with E-state index in [1.165, 1.54) is 11.8 Å². The van der Waals surface area contributed by atoms with Crippen LogP contribution in [-0.2, 0) is 11.3 Å². The molecule has 6 nitrogen and oxygen atoms in total. The number of hydrogen-bond acceptors (Lipinski definition) is 5. The topological polar surface area (TPSA) is 76.9 Å². The molecule has 0 radical (unpaired) electrons. The van der Waals surface area contributed by atoms with Gasteiger partial charge in [0.15, 0.2) is 5.16 Å². The molecule has 0 spiro atoms. The molecule has 120 valence electrons. The van der Waals surface area contributed by atoms with Gasteiger partial charge in [-0.2, -0.15) is 0 Å². The summed E-state index contributed by atoms with van der Waals surface area (Å²) in [5.74, 6) is 0.613. The average Bonchev–Trinajstić information content (AvgIpc) is 2.94. The van der Waals surface area contributed by atoms with Gasteiger partial charge >= 0.3 is 0 Å². The summed E-state index contributed by atoms with van der Waals surface area (Å²) in [5.41, 5.74) is 2.18. The predicted octanol–water partition coefficient (Wildman–Crippen LogP) is 1.61. The fraction of sp³-hybridized carbons (Fsp3) is 0.375. The third kappa shape index (κ3) is 3.29. The Morgan fingerprint density at radius 1 is 1.43 bits per heavy atom. The minimum absolute atomic E-state index is 0.0416. The number of rotatable bonds is 4. The number of aryl methyl sites for hydroxylation is 1. The average molecular weight is 330 g/mol.